The van der Waals surface area contributed by atoms with Crippen LogP contribution in [0.4, 0.5) is 5.69 Å². The van der Waals surface area contributed by atoms with Crippen LogP contribution in [0.1, 0.15) is 16.8 Å². The summed E-state index contributed by atoms with van der Waals surface area (Å²) < 4.78 is 15.6. The molecule has 2 aromatic rings. The summed E-state index contributed by atoms with van der Waals surface area (Å²) in [7, 11) is 2.83. The number of nitro groups is 1. The van der Waals surface area contributed by atoms with E-state index < -0.39 is 23.3 Å². The number of carbonyl (C=O) groups is 2. The zero-order chi connectivity index (χ0) is 21.7. The lowest BCUT2D eigenvalue weighted by molar-refractivity contribution is -0.385. The molecule has 1 saturated heterocycles. The van der Waals surface area contributed by atoms with E-state index in [2.05, 4.69) is 4.98 Å². The maximum absolute atomic E-state index is 13.0. The van der Waals surface area contributed by atoms with Gasteiger partial charge in [-0.15, -0.1) is 0 Å². The van der Waals surface area contributed by atoms with Gasteiger partial charge >= 0.3 is 5.69 Å². The fourth-order valence-electron chi connectivity index (χ4n) is 3.02. The highest BCUT2D eigenvalue weighted by atomic mass is 16.6. The van der Waals surface area contributed by atoms with E-state index in [0.29, 0.717) is 19.5 Å². The standard InChI is InChI=1S/C19H20N4O7/c1-28-16-9-8-13(18(20-16)29-2)19(25)22-11-5-10-21(22)17(24)12-30-15-7-4-3-6-14(15)23(26)27/h3-4,6-9H,5,10-12H2,1-2H3. The molecule has 3 rings (SSSR count). The van der Waals surface area contributed by atoms with Crippen LogP contribution in [0.3, 0.4) is 0 Å². The number of hydrazine groups is 1. The number of hydrogen-bond donors (Lipinski definition) is 0. The molecule has 11 nitrogen and oxygen atoms in total. The summed E-state index contributed by atoms with van der Waals surface area (Å²) >= 11 is 0. The number of rotatable bonds is 7. The Hall–Kier alpha value is -3.89. The molecule has 1 fully saturated rings. The smallest absolute Gasteiger partial charge is 0.310 e. The summed E-state index contributed by atoms with van der Waals surface area (Å²) in [5.74, 6) is -0.614. The van der Waals surface area contributed by atoms with Crippen molar-refractivity contribution in [3.63, 3.8) is 0 Å². The van der Waals surface area contributed by atoms with E-state index in [1.54, 1.807) is 6.07 Å². The molecule has 158 valence electrons. The molecule has 1 aromatic heterocycles. The highest BCUT2D eigenvalue weighted by molar-refractivity contribution is 5.97. The Labute approximate surface area is 171 Å². The fourth-order valence-corrected chi connectivity index (χ4v) is 3.02. The van der Waals surface area contributed by atoms with Crippen LogP contribution in [-0.2, 0) is 4.79 Å². The molecule has 0 unspecified atom stereocenters. The monoisotopic (exact) mass is 416 g/mol. The number of benzene rings is 1. The van der Waals surface area contributed by atoms with Gasteiger partial charge in [0.2, 0.25) is 11.8 Å². The predicted octanol–water partition coefficient (Wildman–Crippen LogP) is 1.68. The highest BCUT2D eigenvalue weighted by Gasteiger charge is 2.33. The van der Waals surface area contributed by atoms with E-state index in [0.717, 1.165) is 0 Å². The van der Waals surface area contributed by atoms with Gasteiger partial charge in [0.15, 0.2) is 12.4 Å². The second kappa shape index (κ2) is 9.07. The first-order valence-corrected chi connectivity index (χ1v) is 9.03. The lowest BCUT2D eigenvalue weighted by Gasteiger charge is -2.28. The maximum atomic E-state index is 13.0. The topological polar surface area (TPSA) is 124 Å². The fraction of sp³-hybridized carbons (Fsp3) is 0.316. The number of carbonyl (C=O) groups excluding carboxylic acids is 2. The van der Waals surface area contributed by atoms with E-state index in [1.807, 2.05) is 0 Å². The van der Waals surface area contributed by atoms with Gasteiger partial charge in [0.1, 0.15) is 5.56 Å². The van der Waals surface area contributed by atoms with Crippen LogP contribution >= 0.6 is 0 Å². The summed E-state index contributed by atoms with van der Waals surface area (Å²) in [6.07, 6.45) is 0.578. The first-order valence-electron chi connectivity index (χ1n) is 9.03. The number of pyridine rings is 1. The normalized spacial score (nSPS) is 13.1. The number of hydrogen-bond acceptors (Lipinski definition) is 8. The van der Waals surface area contributed by atoms with E-state index in [1.165, 1.54) is 54.6 Å². The van der Waals surface area contributed by atoms with Crippen molar-refractivity contribution in [3.05, 3.63) is 52.1 Å². The number of amides is 2. The molecule has 1 aliphatic rings. The van der Waals surface area contributed by atoms with Crippen LogP contribution in [0.5, 0.6) is 17.5 Å². The Morgan fingerprint density at radius 2 is 1.83 bits per heavy atom. The minimum absolute atomic E-state index is 0.0195. The predicted molar refractivity (Wildman–Crippen MR) is 103 cm³/mol. The van der Waals surface area contributed by atoms with Crippen molar-refractivity contribution in [2.75, 3.05) is 33.9 Å². The van der Waals surface area contributed by atoms with E-state index >= 15 is 0 Å². The van der Waals surface area contributed by atoms with Gasteiger partial charge in [-0.25, -0.2) is 10.0 Å². The number of nitro benzene ring substituents is 1. The van der Waals surface area contributed by atoms with Gasteiger partial charge < -0.3 is 14.2 Å². The zero-order valence-electron chi connectivity index (χ0n) is 16.4. The molecule has 11 heteroatoms. The SMILES string of the molecule is COc1ccc(C(=O)N2CCCN2C(=O)COc2ccccc2[N+](=O)[O-])c(OC)n1. The van der Waals surface area contributed by atoms with Crippen molar-refractivity contribution in [1.29, 1.82) is 0 Å². The van der Waals surface area contributed by atoms with Crippen LogP contribution in [0, 0.1) is 10.1 Å². The van der Waals surface area contributed by atoms with Crippen molar-refractivity contribution in [3.8, 4) is 17.5 Å². The van der Waals surface area contributed by atoms with Crippen molar-refractivity contribution < 1.29 is 28.7 Å². The molecule has 0 radical (unpaired) electrons. The zero-order valence-corrected chi connectivity index (χ0v) is 16.4. The Morgan fingerprint density at radius 1 is 1.10 bits per heavy atom. The largest absolute Gasteiger partial charge is 0.481 e. The molecule has 0 N–H and O–H groups in total. The third kappa shape index (κ3) is 4.24. The summed E-state index contributed by atoms with van der Waals surface area (Å²) in [5, 5.41) is 13.6. The lowest BCUT2D eigenvalue weighted by Crippen LogP contribution is -2.46. The molecule has 1 aromatic carbocycles. The first-order chi connectivity index (χ1) is 14.5. The number of nitrogens with zero attached hydrogens (tertiary/aromatic N) is 4. The van der Waals surface area contributed by atoms with Gasteiger partial charge in [0, 0.05) is 25.2 Å². The van der Waals surface area contributed by atoms with Crippen molar-refractivity contribution in [2.24, 2.45) is 0 Å². The third-order valence-corrected chi connectivity index (χ3v) is 4.43. The van der Waals surface area contributed by atoms with Crippen molar-refractivity contribution >= 4 is 17.5 Å². The summed E-state index contributed by atoms with van der Waals surface area (Å²) in [4.78, 5) is 40.3. The highest BCUT2D eigenvalue weighted by Crippen LogP contribution is 2.27. The second-order valence-electron chi connectivity index (χ2n) is 6.22. The Bertz CT molecular complexity index is 966. The van der Waals surface area contributed by atoms with Gasteiger partial charge in [-0.2, -0.15) is 4.98 Å². The van der Waals surface area contributed by atoms with Gasteiger partial charge in [0.05, 0.1) is 19.1 Å². The molecule has 0 saturated carbocycles. The van der Waals surface area contributed by atoms with Crippen molar-refractivity contribution in [1.82, 2.24) is 15.0 Å². The molecule has 0 aliphatic carbocycles. The molecule has 0 atom stereocenters. The van der Waals surface area contributed by atoms with E-state index in [4.69, 9.17) is 14.2 Å². The molecule has 2 amide bonds. The molecule has 0 spiro atoms. The third-order valence-electron chi connectivity index (χ3n) is 4.43. The van der Waals surface area contributed by atoms with Gasteiger partial charge in [-0.3, -0.25) is 19.7 Å². The Morgan fingerprint density at radius 3 is 2.53 bits per heavy atom. The lowest BCUT2D eigenvalue weighted by atomic mass is 10.2. The van der Waals surface area contributed by atoms with E-state index in [9.17, 15) is 19.7 Å². The van der Waals surface area contributed by atoms with Crippen LogP contribution in [-0.4, -0.2) is 65.7 Å². The molecular weight excluding hydrogens is 396 g/mol. The Balaban J connectivity index is 1.73. The van der Waals surface area contributed by atoms with Crippen molar-refractivity contribution in [2.45, 2.75) is 6.42 Å². The molecule has 2 heterocycles. The summed E-state index contributed by atoms with van der Waals surface area (Å²) in [6, 6.07) is 8.81. The van der Waals surface area contributed by atoms with Crippen LogP contribution < -0.4 is 14.2 Å². The number of ether oxygens (including phenoxy) is 3. The van der Waals surface area contributed by atoms with Crippen LogP contribution in [0.2, 0.25) is 0 Å². The minimum Gasteiger partial charge on any atom is -0.481 e. The molecule has 1 aliphatic heterocycles. The van der Waals surface area contributed by atoms with Gasteiger partial charge in [-0.05, 0) is 18.6 Å². The first kappa shape index (κ1) is 20.8. The number of methoxy groups -OCH3 is 2. The molecular formula is C19H20N4O7. The average Bonchev–Trinajstić information content (AvgIpc) is 3.26. The maximum Gasteiger partial charge on any atom is 0.310 e. The number of para-hydroxylation sites is 2. The van der Waals surface area contributed by atoms with Gasteiger partial charge in [0.25, 0.3) is 11.8 Å². The summed E-state index contributed by atoms with van der Waals surface area (Å²) in [5.41, 5.74) is -0.0636. The molecule has 30 heavy (non-hydrogen) atoms. The number of aromatic nitrogens is 1. The summed E-state index contributed by atoms with van der Waals surface area (Å²) in [6.45, 7) is 0.189. The quantitative estimate of drug-likeness (QED) is 0.493. The molecule has 0 bridgehead atoms. The average molecular weight is 416 g/mol. The van der Waals surface area contributed by atoms with Crippen LogP contribution in [0.15, 0.2) is 36.4 Å². The minimum atomic E-state index is -0.589. The Kier molecular flexibility index (Phi) is 6.30. The van der Waals surface area contributed by atoms with Crippen LogP contribution in [0.25, 0.3) is 0 Å². The van der Waals surface area contributed by atoms with E-state index in [-0.39, 0.29) is 28.8 Å². The van der Waals surface area contributed by atoms with Gasteiger partial charge in [-0.1, -0.05) is 12.1 Å². The second-order valence-corrected chi connectivity index (χ2v) is 6.22.